The van der Waals surface area contributed by atoms with Crippen LogP contribution >= 0.6 is 0 Å². The van der Waals surface area contributed by atoms with E-state index in [1.54, 1.807) is 0 Å². The fraction of sp³-hybridized carbons (Fsp3) is 0.917. The number of nitrogens with two attached hydrogens (primary N) is 1. The van der Waals surface area contributed by atoms with Crippen molar-refractivity contribution in [3.8, 4) is 0 Å². The lowest BCUT2D eigenvalue weighted by Crippen LogP contribution is -2.42. The number of likely N-dealkylation sites (N-methyl/N-ethyl adjacent to an activating group) is 1. The van der Waals surface area contributed by atoms with Crippen LogP contribution in [0.15, 0.2) is 0 Å². The smallest absolute Gasteiger partial charge is 0.237 e. The Labute approximate surface area is 105 Å². The van der Waals surface area contributed by atoms with Crippen molar-refractivity contribution < 1.29 is 9.53 Å². The Morgan fingerprint density at radius 3 is 2.53 bits per heavy atom. The Morgan fingerprint density at radius 2 is 2.00 bits per heavy atom. The summed E-state index contributed by atoms with van der Waals surface area (Å²) in [6.07, 6.45) is 0.716. The molecule has 0 saturated heterocycles. The predicted octanol–water partition coefficient (Wildman–Crippen LogP) is 0.0542. The molecule has 5 heteroatoms. The van der Waals surface area contributed by atoms with Crippen LogP contribution in [0.4, 0.5) is 0 Å². The molecular formula is C12H27N3O2. The average molecular weight is 245 g/mol. The molecule has 0 aromatic rings. The molecule has 0 rings (SSSR count). The maximum absolute atomic E-state index is 11.5. The second-order valence-electron chi connectivity index (χ2n) is 4.94. The molecule has 0 saturated carbocycles. The summed E-state index contributed by atoms with van der Waals surface area (Å²) < 4.78 is 5.36. The number of amides is 1. The van der Waals surface area contributed by atoms with Crippen molar-refractivity contribution in [3.05, 3.63) is 0 Å². The molecule has 17 heavy (non-hydrogen) atoms. The molecule has 0 aromatic carbocycles. The van der Waals surface area contributed by atoms with Gasteiger partial charge in [0.2, 0.25) is 5.91 Å². The molecule has 0 fully saturated rings. The Bertz CT molecular complexity index is 208. The summed E-state index contributed by atoms with van der Waals surface area (Å²) in [6, 6.07) is -0.406. The monoisotopic (exact) mass is 245 g/mol. The van der Waals surface area contributed by atoms with Crippen molar-refractivity contribution in [3.63, 3.8) is 0 Å². The second-order valence-corrected chi connectivity index (χ2v) is 4.94. The molecule has 0 aromatic heterocycles. The van der Waals surface area contributed by atoms with Gasteiger partial charge in [0.05, 0.1) is 19.3 Å². The minimum absolute atomic E-state index is 0.0880. The summed E-state index contributed by atoms with van der Waals surface area (Å²) in [4.78, 5) is 13.6. The van der Waals surface area contributed by atoms with E-state index >= 15 is 0 Å². The van der Waals surface area contributed by atoms with E-state index in [1.165, 1.54) is 0 Å². The van der Waals surface area contributed by atoms with Crippen LogP contribution in [0.5, 0.6) is 0 Å². The zero-order valence-corrected chi connectivity index (χ0v) is 11.5. The average Bonchev–Trinajstić information content (AvgIpc) is 2.21. The van der Waals surface area contributed by atoms with Gasteiger partial charge >= 0.3 is 0 Å². The first kappa shape index (κ1) is 16.4. The summed E-state index contributed by atoms with van der Waals surface area (Å²) in [7, 11) is 3.99. The summed E-state index contributed by atoms with van der Waals surface area (Å²) in [6.45, 7) is 6.74. The summed E-state index contributed by atoms with van der Waals surface area (Å²) in [5.74, 6) is 0.349. The van der Waals surface area contributed by atoms with Crippen molar-refractivity contribution in [2.45, 2.75) is 26.3 Å². The normalized spacial score (nSPS) is 13.1. The zero-order chi connectivity index (χ0) is 13.3. The Hall–Kier alpha value is -0.650. The van der Waals surface area contributed by atoms with E-state index in [-0.39, 0.29) is 5.91 Å². The van der Waals surface area contributed by atoms with Crippen LogP contribution in [-0.4, -0.2) is 57.2 Å². The quantitative estimate of drug-likeness (QED) is 0.563. The highest BCUT2D eigenvalue weighted by Crippen LogP contribution is 2.02. The lowest BCUT2D eigenvalue weighted by molar-refractivity contribution is -0.122. The molecule has 3 N–H and O–H groups in total. The van der Waals surface area contributed by atoms with Gasteiger partial charge in [0.1, 0.15) is 0 Å². The summed E-state index contributed by atoms with van der Waals surface area (Å²) in [5, 5.41) is 2.77. The molecule has 0 aliphatic heterocycles. The summed E-state index contributed by atoms with van der Waals surface area (Å²) in [5.41, 5.74) is 5.74. The van der Waals surface area contributed by atoms with Gasteiger partial charge in [-0.05, 0) is 26.4 Å². The van der Waals surface area contributed by atoms with Crippen LogP contribution in [0.1, 0.15) is 20.3 Å². The van der Waals surface area contributed by atoms with Gasteiger partial charge in [0, 0.05) is 13.1 Å². The van der Waals surface area contributed by atoms with Crippen LogP contribution in [0.25, 0.3) is 0 Å². The molecular weight excluding hydrogens is 218 g/mol. The Kier molecular flexibility index (Phi) is 9.03. The van der Waals surface area contributed by atoms with Gasteiger partial charge < -0.3 is 20.7 Å². The van der Waals surface area contributed by atoms with Crippen LogP contribution < -0.4 is 11.1 Å². The Morgan fingerprint density at radius 1 is 1.35 bits per heavy atom. The largest absolute Gasteiger partial charge is 0.378 e. The molecule has 1 atom stereocenters. The van der Waals surface area contributed by atoms with Gasteiger partial charge in [-0.25, -0.2) is 0 Å². The molecule has 102 valence electrons. The standard InChI is InChI=1S/C12H27N3O2/c1-10(2)9-11(13)12(16)14-5-7-17-8-6-15(3)4/h10-11H,5-9,13H2,1-4H3,(H,14,16)/t11-/m1/s1. The zero-order valence-electron chi connectivity index (χ0n) is 11.5. The molecule has 0 spiro atoms. The van der Waals surface area contributed by atoms with Crippen LogP contribution in [-0.2, 0) is 9.53 Å². The minimum atomic E-state index is -0.406. The van der Waals surface area contributed by atoms with Crippen molar-refractivity contribution in [2.24, 2.45) is 11.7 Å². The van der Waals surface area contributed by atoms with E-state index in [0.717, 1.165) is 6.54 Å². The maximum Gasteiger partial charge on any atom is 0.237 e. The fourth-order valence-electron chi connectivity index (χ4n) is 1.34. The third kappa shape index (κ3) is 10.2. The number of hydrogen-bond acceptors (Lipinski definition) is 4. The third-order valence-electron chi connectivity index (χ3n) is 2.29. The molecule has 0 unspecified atom stereocenters. The number of carbonyl (C=O) groups is 1. The minimum Gasteiger partial charge on any atom is -0.378 e. The fourth-order valence-corrected chi connectivity index (χ4v) is 1.34. The molecule has 0 aliphatic carbocycles. The van der Waals surface area contributed by atoms with Gasteiger partial charge in [-0.15, -0.1) is 0 Å². The van der Waals surface area contributed by atoms with Crippen molar-refractivity contribution in [2.75, 3.05) is 40.4 Å². The van der Waals surface area contributed by atoms with Crippen molar-refractivity contribution >= 4 is 5.91 Å². The molecule has 1 amide bonds. The van der Waals surface area contributed by atoms with E-state index in [4.69, 9.17) is 10.5 Å². The van der Waals surface area contributed by atoms with E-state index in [9.17, 15) is 4.79 Å². The number of nitrogens with one attached hydrogen (secondary N) is 1. The number of hydrogen-bond donors (Lipinski definition) is 2. The second kappa shape index (κ2) is 9.39. The van der Waals surface area contributed by atoms with E-state index in [2.05, 4.69) is 24.1 Å². The Balaban J connectivity index is 3.45. The van der Waals surface area contributed by atoms with Crippen LogP contribution in [0.2, 0.25) is 0 Å². The first-order valence-electron chi connectivity index (χ1n) is 6.19. The first-order valence-corrected chi connectivity index (χ1v) is 6.19. The third-order valence-corrected chi connectivity index (χ3v) is 2.29. The number of ether oxygens (including phenoxy) is 1. The first-order chi connectivity index (χ1) is 7.93. The highest BCUT2D eigenvalue weighted by atomic mass is 16.5. The van der Waals surface area contributed by atoms with Gasteiger partial charge in [0.25, 0.3) is 0 Å². The molecule has 0 bridgehead atoms. The molecule has 0 aliphatic rings. The number of rotatable bonds is 9. The van der Waals surface area contributed by atoms with Gasteiger partial charge in [-0.2, -0.15) is 0 Å². The van der Waals surface area contributed by atoms with Crippen molar-refractivity contribution in [1.82, 2.24) is 10.2 Å². The SMILES string of the molecule is CC(C)C[C@@H](N)C(=O)NCCOCCN(C)C. The van der Waals surface area contributed by atoms with E-state index in [1.807, 2.05) is 14.1 Å². The van der Waals surface area contributed by atoms with Gasteiger partial charge in [-0.1, -0.05) is 13.8 Å². The molecule has 5 nitrogen and oxygen atoms in total. The van der Waals surface area contributed by atoms with Crippen LogP contribution in [0.3, 0.4) is 0 Å². The number of carbonyl (C=O) groups excluding carboxylic acids is 1. The molecule has 0 radical (unpaired) electrons. The van der Waals surface area contributed by atoms with E-state index < -0.39 is 6.04 Å². The topological polar surface area (TPSA) is 67.6 Å². The highest BCUT2D eigenvalue weighted by molar-refractivity contribution is 5.81. The van der Waals surface area contributed by atoms with Crippen molar-refractivity contribution in [1.29, 1.82) is 0 Å². The molecule has 0 heterocycles. The number of nitrogens with zero attached hydrogens (tertiary/aromatic N) is 1. The van der Waals surface area contributed by atoms with Gasteiger partial charge in [0.15, 0.2) is 0 Å². The lowest BCUT2D eigenvalue weighted by atomic mass is 10.0. The van der Waals surface area contributed by atoms with Crippen LogP contribution in [0, 0.1) is 5.92 Å². The maximum atomic E-state index is 11.5. The predicted molar refractivity (Wildman–Crippen MR) is 69.8 cm³/mol. The summed E-state index contributed by atoms with van der Waals surface area (Å²) >= 11 is 0. The van der Waals surface area contributed by atoms with Gasteiger partial charge in [-0.3, -0.25) is 4.79 Å². The lowest BCUT2D eigenvalue weighted by Gasteiger charge is -2.14. The highest BCUT2D eigenvalue weighted by Gasteiger charge is 2.13. The van der Waals surface area contributed by atoms with E-state index in [0.29, 0.717) is 32.1 Å².